The van der Waals surface area contributed by atoms with Gasteiger partial charge in [-0.15, -0.1) is 12.4 Å². The Balaban J connectivity index is 0.00000300. The summed E-state index contributed by atoms with van der Waals surface area (Å²) in [5, 5.41) is 13.3. The zero-order chi connectivity index (χ0) is 19.8. The van der Waals surface area contributed by atoms with Crippen molar-refractivity contribution in [2.45, 2.75) is 44.1 Å². The molecule has 0 amide bonds. The lowest BCUT2D eigenvalue weighted by molar-refractivity contribution is -0.177. The molecule has 1 unspecified atom stereocenters. The van der Waals surface area contributed by atoms with Crippen molar-refractivity contribution in [2.24, 2.45) is 5.92 Å². The van der Waals surface area contributed by atoms with Gasteiger partial charge in [-0.05, 0) is 49.9 Å². The summed E-state index contributed by atoms with van der Waals surface area (Å²) in [5.41, 5.74) is 1.38. The minimum Gasteiger partial charge on any atom is -0.479 e. The van der Waals surface area contributed by atoms with Crippen LogP contribution in [-0.2, 0) is 9.53 Å². The van der Waals surface area contributed by atoms with Crippen LogP contribution in [-0.4, -0.2) is 36.4 Å². The third-order valence-electron chi connectivity index (χ3n) is 6.06. The molecule has 2 aromatic rings. The Morgan fingerprint density at radius 3 is 2.03 bits per heavy atom. The molecule has 0 radical (unpaired) electrons. The van der Waals surface area contributed by atoms with Crippen LogP contribution >= 0.6 is 12.4 Å². The number of carbonyl (C=O) groups is 1. The van der Waals surface area contributed by atoms with Crippen molar-refractivity contribution < 1.29 is 14.6 Å². The summed E-state index contributed by atoms with van der Waals surface area (Å²) in [6.45, 7) is 4.08. The van der Waals surface area contributed by atoms with Gasteiger partial charge in [0.25, 0.3) is 0 Å². The molecule has 1 fully saturated rings. The van der Waals surface area contributed by atoms with Crippen LogP contribution in [0, 0.1) is 5.92 Å². The van der Waals surface area contributed by atoms with Crippen LogP contribution in [0.1, 0.15) is 49.7 Å². The summed E-state index contributed by atoms with van der Waals surface area (Å²) >= 11 is 0. The minimum atomic E-state index is -1.08. The van der Waals surface area contributed by atoms with E-state index in [1.165, 1.54) is 11.1 Å². The Labute approximate surface area is 180 Å². The number of piperidine rings is 1. The van der Waals surface area contributed by atoms with Crippen LogP contribution in [0.2, 0.25) is 0 Å². The van der Waals surface area contributed by atoms with Crippen molar-refractivity contribution in [3.63, 3.8) is 0 Å². The molecule has 0 aliphatic carbocycles. The predicted octanol–water partition coefficient (Wildman–Crippen LogP) is 4.88. The molecule has 1 heterocycles. The molecule has 2 N–H and O–H groups in total. The van der Waals surface area contributed by atoms with Crippen molar-refractivity contribution in [1.29, 1.82) is 0 Å². The lowest BCUT2D eigenvalue weighted by Crippen LogP contribution is -2.51. The molecule has 0 saturated carbocycles. The van der Waals surface area contributed by atoms with E-state index in [4.69, 9.17) is 4.74 Å². The number of carboxylic acids is 1. The standard InChI is InChI=1S/C24H31NO3.ClH/c1-2-24(23(26)27,21-13-16-25-17-14-21)28-18-15-22(19-9-5-3-6-10-19)20-11-7-4-8-12-20;/h3-12,21-22,25H,2,13-18H2,1H3,(H,26,27);1H. The van der Waals surface area contributed by atoms with Gasteiger partial charge >= 0.3 is 5.97 Å². The number of benzene rings is 2. The number of rotatable bonds is 9. The molecule has 1 aliphatic rings. The first kappa shape index (κ1) is 23.4. The number of halogens is 1. The third-order valence-corrected chi connectivity index (χ3v) is 6.06. The van der Waals surface area contributed by atoms with Gasteiger partial charge in [-0.25, -0.2) is 4.79 Å². The maximum Gasteiger partial charge on any atom is 0.336 e. The molecule has 1 atom stereocenters. The lowest BCUT2D eigenvalue weighted by Gasteiger charge is -2.39. The van der Waals surface area contributed by atoms with E-state index < -0.39 is 11.6 Å². The monoisotopic (exact) mass is 417 g/mol. The van der Waals surface area contributed by atoms with E-state index in [1.54, 1.807) is 0 Å². The Hall–Kier alpha value is -1.88. The smallest absolute Gasteiger partial charge is 0.336 e. The van der Waals surface area contributed by atoms with Crippen LogP contribution < -0.4 is 5.32 Å². The van der Waals surface area contributed by atoms with Gasteiger partial charge in [-0.2, -0.15) is 0 Å². The Morgan fingerprint density at radius 1 is 1.07 bits per heavy atom. The van der Waals surface area contributed by atoms with Gasteiger partial charge in [0.15, 0.2) is 5.60 Å². The average Bonchev–Trinajstić information content (AvgIpc) is 2.76. The zero-order valence-corrected chi connectivity index (χ0v) is 17.9. The number of hydrogen-bond donors (Lipinski definition) is 2. The molecule has 1 saturated heterocycles. The molecule has 158 valence electrons. The topological polar surface area (TPSA) is 58.6 Å². The van der Waals surface area contributed by atoms with Gasteiger partial charge in [0.05, 0.1) is 0 Å². The average molecular weight is 418 g/mol. The minimum absolute atomic E-state index is 0. The summed E-state index contributed by atoms with van der Waals surface area (Å²) in [4.78, 5) is 12.2. The highest BCUT2D eigenvalue weighted by Gasteiger charge is 2.45. The molecule has 29 heavy (non-hydrogen) atoms. The third kappa shape index (κ3) is 5.59. The van der Waals surface area contributed by atoms with Gasteiger partial charge in [0.2, 0.25) is 0 Å². The van der Waals surface area contributed by atoms with Crippen LogP contribution in [0.4, 0.5) is 0 Å². The number of nitrogens with one attached hydrogen (secondary N) is 1. The van der Waals surface area contributed by atoms with Crippen molar-refractivity contribution in [3.05, 3.63) is 71.8 Å². The predicted molar refractivity (Wildman–Crippen MR) is 119 cm³/mol. The molecule has 2 aromatic carbocycles. The van der Waals surface area contributed by atoms with E-state index >= 15 is 0 Å². The van der Waals surface area contributed by atoms with Gasteiger partial charge in [-0.1, -0.05) is 67.6 Å². The fourth-order valence-corrected chi connectivity index (χ4v) is 4.44. The second kappa shape index (κ2) is 11.3. The summed E-state index contributed by atoms with van der Waals surface area (Å²) in [6, 6.07) is 20.8. The highest BCUT2D eigenvalue weighted by molar-refractivity contribution is 5.85. The summed E-state index contributed by atoms with van der Waals surface area (Å²) in [5.74, 6) is -0.570. The molecule has 0 aromatic heterocycles. The van der Waals surface area contributed by atoms with Crippen molar-refractivity contribution >= 4 is 18.4 Å². The Bertz CT molecular complexity index is 695. The van der Waals surface area contributed by atoms with E-state index in [9.17, 15) is 9.90 Å². The second-order valence-corrected chi connectivity index (χ2v) is 7.58. The normalized spacial score (nSPS) is 16.8. The first-order valence-electron chi connectivity index (χ1n) is 10.4. The molecule has 0 spiro atoms. The van der Waals surface area contributed by atoms with E-state index in [0.717, 1.165) is 32.4 Å². The first-order valence-corrected chi connectivity index (χ1v) is 10.4. The molecule has 0 bridgehead atoms. The van der Waals surface area contributed by atoms with E-state index in [2.05, 4.69) is 53.8 Å². The van der Waals surface area contributed by atoms with Gasteiger partial charge in [0.1, 0.15) is 0 Å². The van der Waals surface area contributed by atoms with Crippen LogP contribution in [0.5, 0.6) is 0 Å². The first-order chi connectivity index (χ1) is 13.7. The van der Waals surface area contributed by atoms with Crippen molar-refractivity contribution in [1.82, 2.24) is 5.32 Å². The second-order valence-electron chi connectivity index (χ2n) is 7.58. The van der Waals surface area contributed by atoms with Crippen molar-refractivity contribution in [2.75, 3.05) is 19.7 Å². The van der Waals surface area contributed by atoms with Crippen LogP contribution in [0.15, 0.2) is 60.7 Å². The number of ether oxygens (including phenoxy) is 1. The molecule has 4 nitrogen and oxygen atoms in total. The van der Waals surface area contributed by atoms with Gasteiger partial charge < -0.3 is 15.2 Å². The van der Waals surface area contributed by atoms with E-state index in [-0.39, 0.29) is 24.2 Å². The SMILES string of the molecule is CCC(OCCC(c1ccccc1)c1ccccc1)(C(=O)O)C1CCNCC1.Cl. The molecule has 1 aliphatic heterocycles. The Kier molecular flexibility index (Phi) is 9.15. The van der Waals surface area contributed by atoms with E-state index in [0.29, 0.717) is 13.0 Å². The number of hydrogen-bond acceptors (Lipinski definition) is 3. The largest absolute Gasteiger partial charge is 0.479 e. The fraction of sp³-hybridized carbons (Fsp3) is 0.458. The fourth-order valence-electron chi connectivity index (χ4n) is 4.44. The highest BCUT2D eigenvalue weighted by atomic mass is 35.5. The Morgan fingerprint density at radius 2 is 1.59 bits per heavy atom. The molecule has 5 heteroatoms. The maximum absolute atomic E-state index is 12.2. The van der Waals surface area contributed by atoms with Gasteiger partial charge in [0, 0.05) is 18.4 Å². The number of carboxylic acid groups (broad SMARTS) is 1. The molecule has 3 rings (SSSR count). The lowest BCUT2D eigenvalue weighted by atomic mass is 9.78. The summed E-state index contributed by atoms with van der Waals surface area (Å²) < 4.78 is 6.23. The molecular weight excluding hydrogens is 386 g/mol. The zero-order valence-electron chi connectivity index (χ0n) is 17.0. The van der Waals surface area contributed by atoms with Crippen molar-refractivity contribution in [3.8, 4) is 0 Å². The van der Waals surface area contributed by atoms with Crippen LogP contribution in [0.25, 0.3) is 0 Å². The summed E-state index contributed by atoms with van der Waals surface area (Å²) in [6.07, 6.45) is 2.95. The van der Waals surface area contributed by atoms with Crippen LogP contribution in [0.3, 0.4) is 0 Å². The molecular formula is C24H32ClNO3. The van der Waals surface area contributed by atoms with Gasteiger partial charge in [-0.3, -0.25) is 0 Å². The quantitative estimate of drug-likeness (QED) is 0.610. The highest BCUT2D eigenvalue weighted by Crippen LogP contribution is 2.35. The maximum atomic E-state index is 12.2. The summed E-state index contributed by atoms with van der Waals surface area (Å²) in [7, 11) is 0. The van der Waals surface area contributed by atoms with E-state index in [1.807, 2.05) is 19.1 Å². The number of aliphatic carboxylic acids is 1.